The molecule has 2 aromatic rings. The molecule has 3 rings (SSSR count). The molecule has 158 valence electrons. The van der Waals surface area contributed by atoms with E-state index in [1.807, 2.05) is 79.7 Å². The van der Waals surface area contributed by atoms with Crippen LogP contribution in [-0.2, 0) is 27.3 Å². The van der Waals surface area contributed by atoms with Crippen molar-refractivity contribution in [2.75, 3.05) is 13.2 Å². The summed E-state index contributed by atoms with van der Waals surface area (Å²) in [5.41, 5.74) is 2.24. The van der Waals surface area contributed by atoms with E-state index in [1.54, 1.807) is 0 Å². The Kier molecular flexibility index (Phi) is 8.21. The molecule has 0 aromatic heterocycles. The third-order valence-electron chi connectivity index (χ3n) is 5.13. The quantitative estimate of drug-likeness (QED) is 0.421. The summed E-state index contributed by atoms with van der Waals surface area (Å²) in [6.45, 7) is 3.33. The lowest BCUT2D eigenvalue weighted by Crippen LogP contribution is -2.42. The molecule has 1 aliphatic rings. The number of cyclic esters (lactones) is 1. The van der Waals surface area contributed by atoms with Crippen LogP contribution in [0.1, 0.15) is 30.9 Å². The predicted molar refractivity (Wildman–Crippen MR) is 116 cm³/mol. The molecule has 30 heavy (non-hydrogen) atoms. The van der Waals surface area contributed by atoms with Crippen LogP contribution < -0.4 is 0 Å². The van der Waals surface area contributed by atoms with E-state index in [0.29, 0.717) is 26.1 Å². The molecule has 5 heteroatoms. The predicted octanol–water partition coefficient (Wildman–Crippen LogP) is 4.77. The average molecular weight is 408 g/mol. The molecule has 2 aromatic carbocycles. The van der Waals surface area contributed by atoms with Gasteiger partial charge >= 0.3 is 6.09 Å². The van der Waals surface area contributed by atoms with Crippen LogP contribution in [0.25, 0.3) is 0 Å². The maximum atomic E-state index is 12.8. The summed E-state index contributed by atoms with van der Waals surface area (Å²) in [5, 5.41) is 0. The van der Waals surface area contributed by atoms with Gasteiger partial charge < -0.3 is 9.47 Å². The minimum atomic E-state index is -0.536. The second-order valence-electron chi connectivity index (χ2n) is 7.56. The standard InChI is InChI=1S/C25H29NO4/c1-20(11-5-4-10-16-29-18-22-14-8-3-9-15-22)24(27)26-23(19-30-25(26)28)17-21-12-6-2-7-13-21/h2-9,12-15,20,23H,10-11,16-19H2,1H3/b5-4+/t20-,23+/m1/s1. The number of carbonyl (C=O) groups excluding carboxylic acids is 2. The highest BCUT2D eigenvalue weighted by molar-refractivity contribution is 5.94. The van der Waals surface area contributed by atoms with Crippen molar-refractivity contribution in [3.8, 4) is 0 Å². The molecule has 1 aliphatic heterocycles. The Bertz CT molecular complexity index is 835. The van der Waals surface area contributed by atoms with Gasteiger partial charge in [0.15, 0.2) is 0 Å². The maximum Gasteiger partial charge on any atom is 0.416 e. The first kappa shape index (κ1) is 21.8. The van der Waals surface area contributed by atoms with Crippen molar-refractivity contribution in [2.45, 2.75) is 38.8 Å². The highest BCUT2D eigenvalue weighted by Gasteiger charge is 2.39. The highest BCUT2D eigenvalue weighted by Crippen LogP contribution is 2.21. The summed E-state index contributed by atoms with van der Waals surface area (Å²) in [6.07, 6.45) is 5.46. The molecule has 0 spiro atoms. The average Bonchev–Trinajstić information content (AvgIpc) is 3.13. The van der Waals surface area contributed by atoms with Crippen LogP contribution in [0.2, 0.25) is 0 Å². The minimum Gasteiger partial charge on any atom is -0.447 e. The zero-order valence-electron chi connectivity index (χ0n) is 17.4. The van der Waals surface area contributed by atoms with Gasteiger partial charge in [-0.1, -0.05) is 79.7 Å². The van der Waals surface area contributed by atoms with E-state index in [2.05, 4.69) is 0 Å². The van der Waals surface area contributed by atoms with Crippen molar-refractivity contribution in [1.82, 2.24) is 4.90 Å². The number of hydrogen-bond acceptors (Lipinski definition) is 4. The molecule has 0 radical (unpaired) electrons. The Labute approximate surface area is 178 Å². The SMILES string of the molecule is C[C@H](C/C=C/CCOCc1ccccc1)C(=O)N1C(=O)OC[C@@H]1Cc1ccccc1. The topological polar surface area (TPSA) is 55.8 Å². The molecule has 0 bridgehead atoms. The van der Waals surface area contributed by atoms with Gasteiger partial charge in [0.1, 0.15) is 6.61 Å². The molecule has 0 saturated carbocycles. The van der Waals surface area contributed by atoms with Gasteiger partial charge in [0.2, 0.25) is 5.91 Å². The molecule has 2 atom stereocenters. The van der Waals surface area contributed by atoms with Crippen LogP contribution in [0.3, 0.4) is 0 Å². The van der Waals surface area contributed by atoms with Crippen molar-refractivity contribution in [1.29, 1.82) is 0 Å². The Hall–Kier alpha value is -2.92. The number of carbonyl (C=O) groups is 2. The molecule has 0 unspecified atom stereocenters. The Balaban J connectivity index is 1.41. The molecule has 1 fully saturated rings. The summed E-state index contributed by atoms with van der Waals surface area (Å²) < 4.78 is 10.8. The van der Waals surface area contributed by atoms with E-state index in [-0.39, 0.29) is 24.5 Å². The number of hydrogen-bond donors (Lipinski definition) is 0. The van der Waals surface area contributed by atoms with Gasteiger partial charge in [0.25, 0.3) is 0 Å². The molecule has 0 aliphatic carbocycles. The van der Waals surface area contributed by atoms with E-state index < -0.39 is 6.09 Å². The molecular weight excluding hydrogens is 378 g/mol. The van der Waals surface area contributed by atoms with Gasteiger partial charge in [-0.05, 0) is 30.4 Å². The van der Waals surface area contributed by atoms with Crippen LogP contribution in [0.15, 0.2) is 72.8 Å². The van der Waals surface area contributed by atoms with Crippen molar-refractivity contribution in [2.24, 2.45) is 5.92 Å². The first-order valence-electron chi connectivity index (χ1n) is 10.5. The second-order valence-corrected chi connectivity index (χ2v) is 7.56. The number of nitrogens with zero attached hydrogens (tertiary/aromatic N) is 1. The summed E-state index contributed by atoms with van der Waals surface area (Å²) in [6, 6.07) is 19.7. The lowest BCUT2D eigenvalue weighted by Gasteiger charge is -2.22. The van der Waals surface area contributed by atoms with Gasteiger partial charge in [-0.15, -0.1) is 0 Å². The fraction of sp³-hybridized carbons (Fsp3) is 0.360. The second kappa shape index (κ2) is 11.3. The number of benzene rings is 2. The number of amides is 2. The normalized spacial score (nSPS) is 17.3. The van der Waals surface area contributed by atoms with Gasteiger partial charge in [0.05, 0.1) is 19.3 Å². The number of imide groups is 1. The van der Waals surface area contributed by atoms with Gasteiger partial charge in [-0.25, -0.2) is 9.69 Å². The lowest BCUT2D eigenvalue weighted by atomic mass is 10.0. The largest absolute Gasteiger partial charge is 0.447 e. The smallest absolute Gasteiger partial charge is 0.416 e. The zero-order chi connectivity index (χ0) is 21.2. The van der Waals surface area contributed by atoms with Crippen LogP contribution >= 0.6 is 0 Å². The third-order valence-corrected chi connectivity index (χ3v) is 5.13. The summed E-state index contributed by atoms with van der Waals surface area (Å²) in [4.78, 5) is 26.3. The number of allylic oxidation sites excluding steroid dienone is 1. The molecule has 5 nitrogen and oxygen atoms in total. The third kappa shape index (κ3) is 6.29. The molecular formula is C25H29NO4. The van der Waals surface area contributed by atoms with Crippen LogP contribution in [0, 0.1) is 5.92 Å². The van der Waals surface area contributed by atoms with Crippen molar-refractivity contribution >= 4 is 12.0 Å². The first-order chi connectivity index (χ1) is 14.6. The number of ether oxygens (including phenoxy) is 2. The molecule has 0 N–H and O–H groups in total. The highest BCUT2D eigenvalue weighted by atomic mass is 16.6. The van der Waals surface area contributed by atoms with Gasteiger partial charge in [-0.2, -0.15) is 0 Å². The monoisotopic (exact) mass is 407 g/mol. The zero-order valence-corrected chi connectivity index (χ0v) is 17.4. The summed E-state index contributed by atoms with van der Waals surface area (Å²) >= 11 is 0. The maximum absolute atomic E-state index is 12.8. The fourth-order valence-corrected chi connectivity index (χ4v) is 3.44. The van der Waals surface area contributed by atoms with Crippen molar-refractivity contribution in [3.05, 3.63) is 83.9 Å². The Morgan fingerprint density at radius 3 is 2.47 bits per heavy atom. The van der Waals surface area contributed by atoms with Crippen LogP contribution in [0.5, 0.6) is 0 Å². The van der Waals surface area contributed by atoms with Crippen LogP contribution in [-0.4, -0.2) is 36.2 Å². The summed E-state index contributed by atoms with van der Waals surface area (Å²) in [7, 11) is 0. The lowest BCUT2D eigenvalue weighted by molar-refractivity contribution is -0.132. The fourth-order valence-electron chi connectivity index (χ4n) is 3.44. The number of rotatable bonds is 10. The van der Waals surface area contributed by atoms with Gasteiger partial charge in [0, 0.05) is 5.92 Å². The Morgan fingerprint density at radius 1 is 1.10 bits per heavy atom. The van der Waals surface area contributed by atoms with Crippen molar-refractivity contribution in [3.63, 3.8) is 0 Å². The van der Waals surface area contributed by atoms with E-state index >= 15 is 0 Å². The first-order valence-corrected chi connectivity index (χ1v) is 10.5. The molecule has 1 saturated heterocycles. The van der Waals surface area contributed by atoms with E-state index in [9.17, 15) is 9.59 Å². The molecule has 1 heterocycles. The van der Waals surface area contributed by atoms with E-state index in [4.69, 9.17) is 9.47 Å². The van der Waals surface area contributed by atoms with Gasteiger partial charge in [-0.3, -0.25) is 4.79 Å². The minimum absolute atomic E-state index is 0.177. The molecule has 2 amide bonds. The van der Waals surface area contributed by atoms with Crippen LogP contribution in [0.4, 0.5) is 4.79 Å². The van der Waals surface area contributed by atoms with E-state index in [0.717, 1.165) is 17.5 Å². The summed E-state index contributed by atoms with van der Waals surface area (Å²) in [5.74, 6) is -0.459. The van der Waals surface area contributed by atoms with E-state index in [1.165, 1.54) is 4.90 Å². The Morgan fingerprint density at radius 2 is 1.77 bits per heavy atom. The van der Waals surface area contributed by atoms with Crippen molar-refractivity contribution < 1.29 is 19.1 Å².